The van der Waals surface area contributed by atoms with Gasteiger partial charge in [0.25, 0.3) is 0 Å². The van der Waals surface area contributed by atoms with Crippen molar-refractivity contribution in [3.8, 4) is 5.75 Å². The second-order valence-electron chi connectivity index (χ2n) is 4.34. The van der Waals surface area contributed by atoms with Gasteiger partial charge in [0.2, 0.25) is 5.91 Å². The van der Waals surface area contributed by atoms with Gasteiger partial charge < -0.3 is 10.1 Å². The van der Waals surface area contributed by atoms with Gasteiger partial charge >= 0.3 is 0 Å². The first-order valence-electron chi connectivity index (χ1n) is 6.04. The SMILES string of the molecule is CC(C)Oc1ccc(Cl)cc1C=NN=C1NC(=O)CS1. The second-order valence-corrected chi connectivity index (χ2v) is 5.74. The van der Waals surface area contributed by atoms with E-state index in [4.69, 9.17) is 16.3 Å². The summed E-state index contributed by atoms with van der Waals surface area (Å²) in [7, 11) is 0. The van der Waals surface area contributed by atoms with Crippen molar-refractivity contribution in [1.29, 1.82) is 0 Å². The number of carbonyl (C=O) groups excluding carboxylic acids is 1. The van der Waals surface area contributed by atoms with E-state index in [1.165, 1.54) is 11.8 Å². The van der Waals surface area contributed by atoms with Crippen LogP contribution in [-0.2, 0) is 4.79 Å². The molecule has 0 aliphatic carbocycles. The van der Waals surface area contributed by atoms with Crippen LogP contribution in [0.5, 0.6) is 5.75 Å². The van der Waals surface area contributed by atoms with E-state index in [0.717, 1.165) is 5.56 Å². The quantitative estimate of drug-likeness (QED) is 0.687. The monoisotopic (exact) mass is 311 g/mol. The minimum absolute atomic E-state index is 0.0549. The number of halogens is 1. The highest BCUT2D eigenvalue weighted by atomic mass is 35.5. The molecule has 0 aromatic heterocycles. The third-order valence-electron chi connectivity index (χ3n) is 2.27. The number of nitrogens with one attached hydrogen (secondary N) is 1. The smallest absolute Gasteiger partial charge is 0.236 e. The summed E-state index contributed by atoms with van der Waals surface area (Å²) in [5.41, 5.74) is 0.741. The normalized spacial score (nSPS) is 17.2. The largest absolute Gasteiger partial charge is 0.490 e. The Morgan fingerprint density at radius 3 is 2.95 bits per heavy atom. The number of benzene rings is 1. The molecule has 5 nitrogen and oxygen atoms in total. The highest BCUT2D eigenvalue weighted by molar-refractivity contribution is 8.15. The number of amidine groups is 1. The number of hydrogen-bond donors (Lipinski definition) is 1. The Morgan fingerprint density at radius 1 is 1.50 bits per heavy atom. The first-order valence-corrected chi connectivity index (χ1v) is 7.41. The zero-order valence-electron chi connectivity index (χ0n) is 11.1. The predicted octanol–water partition coefficient (Wildman–Crippen LogP) is 2.68. The van der Waals surface area contributed by atoms with Crippen LogP contribution in [0.3, 0.4) is 0 Å². The zero-order chi connectivity index (χ0) is 14.5. The van der Waals surface area contributed by atoms with E-state index >= 15 is 0 Å². The molecule has 1 aliphatic heterocycles. The van der Waals surface area contributed by atoms with Gasteiger partial charge in [-0.15, -0.1) is 5.10 Å². The molecule has 1 aliphatic rings. The Morgan fingerprint density at radius 2 is 2.30 bits per heavy atom. The van der Waals surface area contributed by atoms with E-state index in [0.29, 0.717) is 21.7 Å². The van der Waals surface area contributed by atoms with E-state index < -0.39 is 0 Å². The maximum absolute atomic E-state index is 11.0. The second kappa shape index (κ2) is 6.76. The Kier molecular flexibility index (Phi) is 5.03. The minimum Gasteiger partial charge on any atom is -0.490 e. The molecule has 0 bridgehead atoms. The van der Waals surface area contributed by atoms with Crippen LogP contribution in [0.2, 0.25) is 5.02 Å². The molecule has 1 heterocycles. The maximum Gasteiger partial charge on any atom is 0.236 e. The lowest BCUT2D eigenvalue weighted by Crippen LogP contribution is -2.19. The van der Waals surface area contributed by atoms with Crippen molar-refractivity contribution >= 4 is 40.7 Å². The van der Waals surface area contributed by atoms with Crippen LogP contribution in [0.4, 0.5) is 0 Å². The van der Waals surface area contributed by atoms with Gasteiger partial charge in [0.15, 0.2) is 5.17 Å². The lowest BCUT2D eigenvalue weighted by atomic mass is 10.2. The van der Waals surface area contributed by atoms with Crippen LogP contribution in [0.25, 0.3) is 0 Å². The summed E-state index contributed by atoms with van der Waals surface area (Å²) in [4.78, 5) is 11.0. The van der Waals surface area contributed by atoms with E-state index in [-0.39, 0.29) is 12.0 Å². The summed E-state index contributed by atoms with van der Waals surface area (Å²) >= 11 is 7.29. The minimum atomic E-state index is -0.0597. The number of hydrogen-bond acceptors (Lipinski definition) is 5. The molecular formula is C13H14ClN3O2S. The lowest BCUT2D eigenvalue weighted by Gasteiger charge is -2.12. The van der Waals surface area contributed by atoms with E-state index in [9.17, 15) is 4.79 Å². The summed E-state index contributed by atoms with van der Waals surface area (Å²) < 4.78 is 5.67. The van der Waals surface area contributed by atoms with Gasteiger partial charge in [0.1, 0.15) is 5.75 Å². The molecule has 0 spiro atoms. The summed E-state index contributed by atoms with van der Waals surface area (Å²) in [5.74, 6) is 1.01. The molecule has 1 N–H and O–H groups in total. The third-order valence-corrected chi connectivity index (χ3v) is 3.36. The van der Waals surface area contributed by atoms with Crippen LogP contribution in [0.15, 0.2) is 28.4 Å². The Hall–Kier alpha value is -1.53. The molecule has 7 heteroatoms. The van der Waals surface area contributed by atoms with E-state index in [1.807, 2.05) is 13.8 Å². The molecule has 1 aromatic carbocycles. The van der Waals surface area contributed by atoms with Gasteiger partial charge in [-0.3, -0.25) is 4.79 Å². The fourth-order valence-electron chi connectivity index (χ4n) is 1.50. The first kappa shape index (κ1) is 14.9. The van der Waals surface area contributed by atoms with Gasteiger partial charge in [-0.25, -0.2) is 0 Å². The molecule has 2 rings (SSSR count). The van der Waals surface area contributed by atoms with Gasteiger partial charge in [-0.05, 0) is 32.0 Å². The molecule has 1 aromatic rings. The van der Waals surface area contributed by atoms with Crippen molar-refractivity contribution in [1.82, 2.24) is 5.32 Å². The molecule has 106 valence electrons. The molecule has 0 atom stereocenters. The summed E-state index contributed by atoms with van der Waals surface area (Å²) in [6, 6.07) is 5.31. The highest BCUT2D eigenvalue weighted by Gasteiger charge is 2.16. The van der Waals surface area contributed by atoms with Gasteiger partial charge in [0.05, 0.1) is 18.1 Å². The zero-order valence-corrected chi connectivity index (χ0v) is 12.7. The van der Waals surface area contributed by atoms with Crippen LogP contribution in [0.1, 0.15) is 19.4 Å². The van der Waals surface area contributed by atoms with Crippen LogP contribution < -0.4 is 10.1 Å². The predicted molar refractivity (Wildman–Crippen MR) is 82.8 cm³/mol. The molecule has 20 heavy (non-hydrogen) atoms. The van der Waals surface area contributed by atoms with E-state index in [1.54, 1.807) is 24.4 Å². The van der Waals surface area contributed by atoms with Gasteiger partial charge in [-0.2, -0.15) is 5.10 Å². The Balaban J connectivity index is 2.15. The molecule has 0 saturated carbocycles. The maximum atomic E-state index is 11.0. The number of ether oxygens (including phenoxy) is 1. The molecule has 1 fully saturated rings. The summed E-state index contributed by atoms with van der Waals surface area (Å²) in [5, 5.41) is 11.6. The summed E-state index contributed by atoms with van der Waals surface area (Å²) in [6.45, 7) is 3.89. The molecule has 0 unspecified atom stereocenters. The Bertz CT molecular complexity index is 573. The molecule has 1 amide bonds. The molecular weight excluding hydrogens is 298 g/mol. The number of thioether (sulfide) groups is 1. The van der Waals surface area contributed by atoms with Crippen molar-refractivity contribution in [3.63, 3.8) is 0 Å². The fourth-order valence-corrected chi connectivity index (χ4v) is 2.32. The average Bonchev–Trinajstić information content (AvgIpc) is 2.78. The number of rotatable bonds is 4. The number of amides is 1. The number of nitrogens with zero attached hydrogens (tertiary/aromatic N) is 2. The third kappa shape index (κ3) is 4.25. The summed E-state index contributed by atoms with van der Waals surface area (Å²) in [6.07, 6.45) is 1.61. The molecule has 1 saturated heterocycles. The standard InChI is InChI=1S/C13H14ClN3O2S/c1-8(2)19-11-4-3-10(14)5-9(11)6-15-17-13-16-12(18)7-20-13/h3-6,8H,7H2,1-2H3,(H,16,17,18). The van der Waals surface area contributed by atoms with Crippen LogP contribution >= 0.6 is 23.4 Å². The average molecular weight is 312 g/mol. The fraction of sp³-hybridized carbons (Fsp3) is 0.308. The topological polar surface area (TPSA) is 63.1 Å². The van der Waals surface area contributed by atoms with Crippen molar-refractivity contribution in [2.75, 3.05) is 5.75 Å². The van der Waals surface area contributed by atoms with Gasteiger partial charge in [0, 0.05) is 10.6 Å². The lowest BCUT2D eigenvalue weighted by molar-refractivity contribution is -0.116. The van der Waals surface area contributed by atoms with Crippen molar-refractivity contribution in [2.45, 2.75) is 20.0 Å². The number of carbonyl (C=O) groups is 1. The van der Waals surface area contributed by atoms with Gasteiger partial charge in [-0.1, -0.05) is 23.4 Å². The molecule has 0 radical (unpaired) electrons. The van der Waals surface area contributed by atoms with Crippen LogP contribution in [0, 0.1) is 0 Å². The Labute approximate surface area is 126 Å². The first-order chi connectivity index (χ1) is 9.54. The van der Waals surface area contributed by atoms with E-state index in [2.05, 4.69) is 15.5 Å². The highest BCUT2D eigenvalue weighted by Crippen LogP contribution is 2.22. The van der Waals surface area contributed by atoms with Crippen molar-refractivity contribution in [2.24, 2.45) is 10.2 Å². The van der Waals surface area contributed by atoms with Crippen molar-refractivity contribution < 1.29 is 9.53 Å². The van der Waals surface area contributed by atoms with Crippen molar-refractivity contribution in [3.05, 3.63) is 28.8 Å². The van der Waals surface area contributed by atoms with Crippen LogP contribution in [-0.4, -0.2) is 29.1 Å².